The molecule has 5 heteroatoms. The van der Waals surface area contributed by atoms with E-state index in [9.17, 15) is 4.79 Å². The summed E-state index contributed by atoms with van der Waals surface area (Å²) < 4.78 is 1.79. The minimum absolute atomic E-state index is 0.0784. The summed E-state index contributed by atoms with van der Waals surface area (Å²) in [4.78, 5) is 11.9. The van der Waals surface area contributed by atoms with Crippen LogP contribution in [0.1, 0.15) is 39.3 Å². The highest BCUT2D eigenvalue weighted by atomic mass is 16.2. The SMILES string of the molecule is CCC(CC)NC(=O)C(C)NCCc1ccn(C)n1. The summed E-state index contributed by atoms with van der Waals surface area (Å²) in [6.45, 7) is 6.84. The topological polar surface area (TPSA) is 59.0 Å². The van der Waals surface area contributed by atoms with Gasteiger partial charge in [0, 0.05) is 32.3 Å². The molecule has 1 rings (SSSR count). The molecule has 0 radical (unpaired) electrons. The van der Waals surface area contributed by atoms with Crippen molar-refractivity contribution in [2.45, 2.75) is 52.1 Å². The number of carbonyl (C=O) groups is 1. The van der Waals surface area contributed by atoms with Crippen LogP contribution in [-0.2, 0) is 18.3 Å². The summed E-state index contributed by atoms with van der Waals surface area (Å²) in [6, 6.07) is 2.12. The fourth-order valence-corrected chi connectivity index (χ4v) is 1.92. The van der Waals surface area contributed by atoms with Gasteiger partial charge in [-0.05, 0) is 25.8 Å². The maximum absolute atomic E-state index is 11.9. The van der Waals surface area contributed by atoms with E-state index in [-0.39, 0.29) is 18.0 Å². The van der Waals surface area contributed by atoms with Crippen LogP contribution in [0.15, 0.2) is 12.3 Å². The Morgan fingerprint density at radius 3 is 2.63 bits per heavy atom. The Morgan fingerprint density at radius 2 is 2.11 bits per heavy atom. The maximum Gasteiger partial charge on any atom is 0.237 e. The van der Waals surface area contributed by atoms with Crippen molar-refractivity contribution < 1.29 is 4.79 Å². The summed E-state index contributed by atoms with van der Waals surface area (Å²) in [5.41, 5.74) is 1.04. The van der Waals surface area contributed by atoms with E-state index < -0.39 is 0 Å². The number of hydrogen-bond acceptors (Lipinski definition) is 3. The van der Waals surface area contributed by atoms with Crippen molar-refractivity contribution >= 4 is 5.91 Å². The highest BCUT2D eigenvalue weighted by molar-refractivity contribution is 5.81. The van der Waals surface area contributed by atoms with Gasteiger partial charge in [-0.1, -0.05) is 13.8 Å². The first kappa shape index (κ1) is 15.7. The van der Waals surface area contributed by atoms with Crippen molar-refractivity contribution in [1.29, 1.82) is 0 Å². The largest absolute Gasteiger partial charge is 0.352 e. The fraction of sp³-hybridized carbons (Fsp3) is 0.714. The van der Waals surface area contributed by atoms with Crippen LogP contribution in [0.25, 0.3) is 0 Å². The second-order valence-corrected chi connectivity index (χ2v) is 4.93. The van der Waals surface area contributed by atoms with Gasteiger partial charge in [0.25, 0.3) is 0 Å². The average molecular weight is 266 g/mol. The first-order valence-corrected chi connectivity index (χ1v) is 7.09. The third-order valence-electron chi connectivity index (χ3n) is 3.33. The third kappa shape index (κ3) is 5.42. The van der Waals surface area contributed by atoms with Crippen LogP contribution >= 0.6 is 0 Å². The molecule has 2 N–H and O–H groups in total. The zero-order valence-corrected chi connectivity index (χ0v) is 12.4. The van der Waals surface area contributed by atoms with E-state index in [0.29, 0.717) is 0 Å². The van der Waals surface area contributed by atoms with Crippen molar-refractivity contribution in [3.05, 3.63) is 18.0 Å². The van der Waals surface area contributed by atoms with Crippen LogP contribution < -0.4 is 10.6 Å². The number of nitrogens with one attached hydrogen (secondary N) is 2. The molecular formula is C14H26N4O. The van der Waals surface area contributed by atoms with Crippen molar-refractivity contribution in [3.8, 4) is 0 Å². The Balaban J connectivity index is 2.26. The molecule has 0 aromatic carbocycles. The molecule has 1 aromatic rings. The van der Waals surface area contributed by atoms with E-state index in [1.807, 2.05) is 26.2 Å². The van der Waals surface area contributed by atoms with E-state index in [4.69, 9.17) is 0 Å². The van der Waals surface area contributed by atoms with Crippen molar-refractivity contribution in [1.82, 2.24) is 20.4 Å². The number of amides is 1. The molecule has 0 bridgehead atoms. The molecule has 0 spiro atoms. The van der Waals surface area contributed by atoms with E-state index >= 15 is 0 Å². The van der Waals surface area contributed by atoms with Gasteiger partial charge in [-0.25, -0.2) is 0 Å². The fourth-order valence-electron chi connectivity index (χ4n) is 1.92. The van der Waals surface area contributed by atoms with E-state index in [1.165, 1.54) is 0 Å². The van der Waals surface area contributed by atoms with Gasteiger partial charge in [-0.15, -0.1) is 0 Å². The Labute approximate surface area is 115 Å². The first-order chi connectivity index (χ1) is 9.06. The zero-order chi connectivity index (χ0) is 14.3. The minimum atomic E-state index is -0.163. The van der Waals surface area contributed by atoms with E-state index in [1.54, 1.807) is 4.68 Å². The summed E-state index contributed by atoms with van der Waals surface area (Å²) >= 11 is 0. The molecule has 0 aliphatic rings. The zero-order valence-electron chi connectivity index (χ0n) is 12.4. The number of nitrogens with zero attached hydrogens (tertiary/aromatic N) is 2. The number of rotatable bonds is 8. The molecule has 0 saturated heterocycles. The van der Waals surface area contributed by atoms with Crippen LogP contribution in [0.5, 0.6) is 0 Å². The highest BCUT2D eigenvalue weighted by Gasteiger charge is 2.14. The van der Waals surface area contributed by atoms with Gasteiger partial charge in [0.15, 0.2) is 0 Å². The van der Waals surface area contributed by atoms with Gasteiger partial charge in [0.05, 0.1) is 11.7 Å². The monoisotopic (exact) mass is 266 g/mol. The molecule has 0 saturated carbocycles. The Morgan fingerprint density at radius 1 is 1.42 bits per heavy atom. The minimum Gasteiger partial charge on any atom is -0.352 e. The molecule has 108 valence electrons. The summed E-state index contributed by atoms with van der Waals surface area (Å²) in [7, 11) is 1.91. The lowest BCUT2D eigenvalue weighted by Gasteiger charge is -2.19. The second-order valence-electron chi connectivity index (χ2n) is 4.93. The molecule has 1 atom stereocenters. The van der Waals surface area contributed by atoms with Crippen LogP contribution in [-0.4, -0.2) is 34.3 Å². The molecule has 5 nitrogen and oxygen atoms in total. The van der Waals surface area contributed by atoms with Crippen LogP contribution in [0.4, 0.5) is 0 Å². The highest BCUT2D eigenvalue weighted by Crippen LogP contribution is 1.98. The predicted molar refractivity (Wildman–Crippen MR) is 76.9 cm³/mol. The molecule has 0 fully saturated rings. The molecule has 19 heavy (non-hydrogen) atoms. The standard InChI is InChI=1S/C14H26N4O/c1-5-12(6-2)16-14(19)11(3)15-9-7-13-8-10-18(4)17-13/h8,10-12,15H,5-7,9H2,1-4H3,(H,16,19). The van der Waals surface area contributed by atoms with Crippen LogP contribution in [0.2, 0.25) is 0 Å². The number of hydrogen-bond donors (Lipinski definition) is 2. The van der Waals surface area contributed by atoms with Gasteiger partial charge < -0.3 is 10.6 Å². The number of aryl methyl sites for hydroxylation is 1. The third-order valence-corrected chi connectivity index (χ3v) is 3.33. The van der Waals surface area contributed by atoms with E-state index in [2.05, 4.69) is 29.6 Å². The van der Waals surface area contributed by atoms with Crippen LogP contribution in [0.3, 0.4) is 0 Å². The first-order valence-electron chi connectivity index (χ1n) is 7.09. The van der Waals surface area contributed by atoms with Crippen molar-refractivity contribution in [2.75, 3.05) is 6.54 Å². The molecule has 1 aromatic heterocycles. The van der Waals surface area contributed by atoms with E-state index in [0.717, 1.165) is 31.5 Å². The molecule has 0 aliphatic heterocycles. The van der Waals surface area contributed by atoms with Gasteiger partial charge in [0.1, 0.15) is 0 Å². The molecule has 0 aliphatic carbocycles. The Kier molecular flexibility index (Phi) is 6.56. The number of carbonyl (C=O) groups excluding carboxylic acids is 1. The lowest BCUT2D eigenvalue weighted by molar-refractivity contribution is -0.123. The normalized spacial score (nSPS) is 12.7. The smallest absolute Gasteiger partial charge is 0.237 e. The molecule has 1 unspecified atom stereocenters. The summed E-state index contributed by atoms with van der Waals surface area (Å²) in [5.74, 6) is 0.0784. The van der Waals surface area contributed by atoms with Crippen LogP contribution in [0, 0.1) is 0 Å². The molecular weight excluding hydrogens is 240 g/mol. The summed E-state index contributed by atoms with van der Waals surface area (Å²) in [5, 5.41) is 10.6. The van der Waals surface area contributed by atoms with Gasteiger partial charge in [-0.3, -0.25) is 9.48 Å². The predicted octanol–water partition coefficient (Wildman–Crippen LogP) is 1.25. The lowest BCUT2D eigenvalue weighted by atomic mass is 10.1. The van der Waals surface area contributed by atoms with Crippen molar-refractivity contribution in [3.63, 3.8) is 0 Å². The Bertz CT molecular complexity index is 385. The number of aromatic nitrogens is 2. The van der Waals surface area contributed by atoms with Gasteiger partial charge in [-0.2, -0.15) is 5.10 Å². The quantitative estimate of drug-likeness (QED) is 0.744. The maximum atomic E-state index is 11.9. The summed E-state index contributed by atoms with van der Waals surface area (Å²) in [6.07, 6.45) is 4.72. The van der Waals surface area contributed by atoms with Gasteiger partial charge >= 0.3 is 0 Å². The van der Waals surface area contributed by atoms with Crippen molar-refractivity contribution in [2.24, 2.45) is 7.05 Å². The van der Waals surface area contributed by atoms with Gasteiger partial charge in [0.2, 0.25) is 5.91 Å². The Hall–Kier alpha value is -1.36. The molecule has 1 heterocycles. The second kappa shape index (κ2) is 7.94. The average Bonchev–Trinajstić information content (AvgIpc) is 2.81. The molecule has 1 amide bonds. The lowest BCUT2D eigenvalue weighted by Crippen LogP contribution is -2.46.